The Morgan fingerprint density at radius 2 is 2.11 bits per heavy atom. The summed E-state index contributed by atoms with van der Waals surface area (Å²) in [6.45, 7) is 5.58. The van der Waals surface area contributed by atoms with E-state index in [9.17, 15) is 4.79 Å². The van der Waals surface area contributed by atoms with Gasteiger partial charge in [-0.1, -0.05) is 25.1 Å². The zero-order valence-corrected chi connectivity index (χ0v) is 11.6. The van der Waals surface area contributed by atoms with Gasteiger partial charge in [-0.15, -0.1) is 0 Å². The van der Waals surface area contributed by atoms with Gasteiger partial charge in [0.15, 0.2) is 5.78 Å². The fourth-order valence-electron chi connectivity index (χ4n) is 4.49. The Hall–Kier alpha value is -1.15. The molecule has 2 bridgehead atoms. The molecule has 1 spiro atoms. The van der Waals surface area contributed by atoms with E-state index in [1.54, 1.807) is 0 Å². The summed E-state index contributed by atoms with van der Waals surface area (Å²) in [6.07, 6.45) is 4.35. The number of nitrogens with zero attached hydrogens (tertiary/aromatic N) is 1. The maximum atomic E-state index is 13.0. The zero-order valence-electron chi connectivity index (χ0n) is 11.6. The molecule has 0 saturated carbocycles. The van der Waals surface area contributed by atoms with E-state index in [2.05, 4.69) is 30.0 Å². The molecule has 5 rings (SSSR count). The molecule has 0 radical (unpaired) electrons. The van der Waals surface area contributed by atoms with Crippen LogP contribution >= 0.6 is 0 Å². The smallest absolute Gasteiger partial charge is 0.169 e. The normalized spacial score (nSPS) is 35.9. The maximum Gasteiger partial charge on any atom is 0.169 e. The van der Waals surface area contributed by atoms with E-state index in [-0.39, 0.29) is 5.41 Å². The molecule has 1 aromatic carbocycles. The second kappa shape index (κ2) is 3.92. The molecular weight excluding hydrogens is 234 g/mol. The van der Waals surface area contributed by atoms with Crippen LogP contribution in [0.5, 0.6) is 0 Å². The third kappa shape index (κ3) is 1.50. The third-order valence-electron chi connectivity index (χ3n) is 5.75. The van der Waals surface area contributed by atoms with Crippen LogP contribution in [0.25, 0.3) is 0 Å². The average Bonchev–Trinajstić information content (AvgIpc) is 2.47. The Labute approximate surface area is 114 Å². The second-order valence-corrected chi connectivity index (χ2v) is 6.53. The van der Waals surface area contributed by atoms with Crippen molar-refractivity contribution in [2.45, 2.75) is 32.6 Å². The van der Waals surface area contributed by atoms with Crippen LogP contribution < -0.4 is 0 Å². The molecule has 100 valence electrons. The number of rotatable bonds is 1. The molecule has 0 N–H and O–H groups in total. The topological polar surface area (TPSA) is 20.3 Å². The summed E-state index contributed by atoms with van der Waals surface area (Å²) in [4.78, 5) is 15.6. The first-order valence-electron chi connectivity index (χ1n) is 7.62. The van der Waals surface area contributed by atoms with E-state index < -0.39 is 0 Å². The number of benzene rings is 1. The van der Waals surface area contributed by atoms with Gasteiger partial charge in [-0.3, -0.25) is 4.79 Å². The first kappa shape index (κ1) is 11.7. The Bertz CT molecular complexity index is 540. The van der Waals surface area contributed by atoms with Crippen molar-refractivity contribution in [1.29, 1.82) is 0 Å². The molecule has 0 amide bonds. The molecule has 1 atom stereocenters. The average molecular weight is 255 g/mol. The van der Waals surface area contributed by atoms with Crippen LogP contribution in [0.4, 0.5) is 0 Å². The van der Waals surface area contributed by atoms with E-state index in [0.717, 1.165) is 50.9 Å². The highest BCUT2D eigenvalue weighted by atomic mass is 16.1. The highest BCUT2D eigenvalue weighted by Gasteiger charge is 2.54. The Balaban J connectivity index is 1.82. The van der Waals surface area contributed by atoms with Gasteiger partial charge in [-0.05, 0) is 55.8 Å². The van der Waals surface area contributed by atoms with Crippen LogP contribution in [0.3, 0.4) is 0 Å². The SMILES string of the molecule is CCc1ccc2c(c1)CC1CN3CCC1(CC3)C2=O. The fourth-order valence-corrected chi connectivity index (χ4v) is 4.49. The van der Waals surface area contributed by atoms with Crippen molar-refractivity contribution in [1.82, 2.24) is 4.90 Å². The second-order valence-electron chi connectivity index (χ2n) is 6.53. The van der Waals surface area contributed by atoms with E-state index in [0.29, 0.717) is 11.7 Å². The van der Waals surface area contributed by atoms with Crippen molar-refractivity contribution < 1.29 is 4.79 Å². The van der Waals surface area contributed by atoms with Gasteiger partial charge in [0, 0.05) is 17.5 Å². The standard InChI is InChI=1S/C17H21NO/c1-2-12-3-4-15-13(9-12)10-14-11-18-7-5-17(14,6-8-18)16(15)19/h3-4,9,14H,2,5-8,10-11H2,1H3. The number of hydrogen-bond donors (Lipinski definition) is 0. The van der Waals surface area contributed by atoms with Crippen LogP contribution in [0, 0.1) is 11.3 Å². The number of hydrogen-bond acceptors (Lipinski definition) is 2. The van der Waals surface area contributed by atoms with Crippen molar-refractivity contribution in [2.24, 2.45) is 11.3 Å². The van der Waals surface area contributed by atoms with Gasteiger partial charge in [0.05, 0.1) is 0 Å². The summed E-state index contributed by atoms with van der Waals surface area (Å²) in [7, 11) is 0. The lowest BCUT2D eigenvalue weighted by Gasteiger charge is -2.55. The molecule has 4 aliphatic rings. The van der Waals surface area contributed by atoms with Gasteiger partial charge in [0.2, 0.25) is 0 Å². The molecule has 3 saturated heterocycles. The van der Waals surface area contributed by atoms with E-state index >= 15 is 0 Å². The number of ketones is 1. The first-order chi connectivity index (χ1) is 9.23. The first-order valence-corrected chi connectivity index (χ1v) is 7.62. The summed E-state index contributed by atoms with van der Waals surface area (Å²) < 4.78 is 0. The molecule has 1 aromatic rings. The monoisotopic (exact) mass is 255 g/mol. The molecule has 2 heteroatoms. The van der Waals surface area contributed by atoms with Crippen molar-refractivity contribution in [3.05, 3.63) is 34.9 Å². The van der Waals surface area contributed by atoms with Crippen molar-refractivity contribution in [3.8, 4) is 0 Å². The summed E-state index contributed by atoms with van der Waals surface area (Å²) in [5.74, 6) is 1.03. The van der Waals surface area contributed by atoms with Crippen LogP contribution in [-0.2, 0) is 12.8 Å². The molecule has 2 nitrogen and oxygen atoms in total. The van der Waals surface area contributed by atoms with Crippen molar-refractivity contribution in [2.75, 3.05) is 19.6 Å². The maximum absolute atomic E-state index is 13.0. The van der Waals surface area contributed by atoms with Gasteiger partial charge < -0.3 is 4.90 Å². The Morgan fingerprint density at radius 3 is 2.84 bits per heavy atom. The highest BCUT2D eigenvalue weighted by Crippen LogP contribution is 2.51. The number of carbonyl (C=O) groups is 1. The number of piperidine rings is 3. The lowest BCUT2D eigenvalue weighted by Crippen LogP contribution is -2.60. The summed E-state index contributed by atoms with van der Waals surface area (Å²) in [5, 5.41) is 0. The van der Waals surface area contributed by atoms with E-state index in [1.807, 2.05) is 0 Å². The molecule has 3 heterocycles. The Morgan fingerprint density at radius 1 is 1.32 bits per heavy atom. The minimum Gasteiger partial charge on any atom is -0.303 e. The lowest BCUT2D eigenvalue weighted by molar-refractivity contribution is -0.0218. The van der Waals surface area contributed by atoms with Crippen LogP contribution in [0.1, 0.15) is 41.3 Å². The predicted octanol–water partition coefficient (Wildman–Crippen LogP) is 2.70. The summed E-state index contributed by atoms with van der Waals surface area (Å²) in [5.41, 5.74) is 3.71. The number of carbonyl (C=O) groups excluding carboxylic acids is 1. The zero-order chi connectivity index (χ0) is 13.0. The van der Waals surface area contributed by atoms with Crippen LogP contribution in [0.2, 0.25) is 0 Å². The van der Waals surface area contributed by atoms with Crippen molar-refractivity contribution in [3.63, 3.8) is 0 Å². The molecule has 1 aliphatic carbocycles. The highest BCUT2D eigenvalue weighted by molar-refractivity contribution is 6.03. The van der Waals surface area contributed by atoms with Gasteiger partial charge >= 0.3 is 0 Å². The molecule has 3 fully saturated rings. The number of aryl methyl sites for hydroxylation is 1. The predicted molar refractivity (Wildman–Crippen MR) is 75.5 cm³/mol. The van der Waals surface area contributed by atoms with Gasteiger partial charge in [-0.25, -0.2) is 0 Å². The van der Waals surface area contributed by atoms with Crippen molar-refractivity contribution >= 4 is 5.78 Å². The van der Waals surface area contributed by atoms with Crippen LogP contribution in [-0.4, -0.2) is 30.3 Å². The van der Waals surface area contributed by atoms with Crippen LogP contribution in [0.15, 0.2) is 18.2 Å². The number of Topliss-reactive ketones (excluding diaryl/α,β-unsaturated/α-hetero) is 1. The van der Waals surface area contributed by atoms with Gasteiger partial charge in [0.1, 0.15) is 0 Å². The summed E-state index contributed by atoms with van der Waals surface area (Å²) in [6, 6.07) is 6.52. The fraction of sp³-hybridized carbons (Fsp3) is 0.588. The minimum absolute atomic E-state index is 0.00448. The minimum atomic E-state index is -0.00448. The number of fused-ring (bicyclic) bond motifs is 3. The molecular formula is C17H21NO. The molecule has 1 unspecified atom stereocenters. The summed E-state index contributed by atoms with van der Waals surface area (Å²) >= 11 is 0. The molecule has 0 aromatic heterocycles. The lowest BCUT2D eigenvalue weighted by atomic mass is 9.56. The van der Waals surface area contributed by atoms with Gasteiger partial charge in [-0.2, -0.15) is 0 Å². The van der Waals surface area contributed by atoms with E-state index in [4.69, 9.17) is 0 Å². The third-order valence-corrected chi connectivity index (χ3v) is 5.75. The largest absolute Gasteiger partial charge is 0.303 e. The Kier molecular flexibility index (Phi) is 2.41. The molecule has 3 aliphatic heterocycles. The van der Waals surface area contributed by atoms with E-state index in [1.165, 1.54) is 11.1 Å². The molecule has 19 heavy (non-hydrogen) atoms. The quantitative estimate of drug-likeness (QED) is 0.769. The van der Waals surface area contributed by atoms with Gasteiger partial charge in [0.25, 0.3) is 0 Å².